The molecule has 3 aromatic rings. The first-order valence-corrected chi connectivity index (χ1v) is 8.08. The average Bonchev–Trinajstić information content (AvgIpc) is 3.10. The second-order valence-corrected chi connectivity index (χ2v) is 6.13. The van der Waals surface area contributed by atoms with E-state index in [2.05, 4.69) is 15.6 Å². The van der Waals surface area contributed by atoms with E-state index in [-0.39, 0.29) is 18.0 Å². The van der Waals surface area contributed by atoms with Crippen LogP contribution in [0.15, 0.2) is 48.5 Å². The van der Waals surface area contributed by atoms with E-state index in [0.717, 1.165) is 12.1 Å². The maximum absolute atomic E-state index is 12.8. The van der Waals surface area contributed by atoms with Crippen molar-refractivity contribution in [3.8, 4) is 0 Å². The number of anilines is 2. The lowest BCUT2D eigenvalue weighted by molar-refractivity contribution is -0.137. The van der Waals surface area contributed by atoms with Crippen molar-refractivity contribution < 1.29 is 22.8 Å². The van der Waals surface area contributed by atoms with Crippen molar-refractivity contribution in [1.29, 1.82) is 0 Å². The Kier molecular flexibility index (Phi) is 3.87. The Morgan fingerprint density at radius 2 is 1.96 bits per heavy atom. The van der Waals surface area contributed by atoms with Crippen molar-refractivity contribution in [2.45, 2.75) is 18.6 Å². The summed E-state index contributed by atoms with van der Waals surface area (Å²) in [7, 11) is 0. The van der Waals surface area contributed by atoms with Crippen LogP contribution >= 0.6 is 0 Å². The number of amides is 2. The van der Waals surface area contributed by atoms with E-state index in [4.69, 9.17) is 0 Å². The number of fused-ring (bicyclic) bond motifs is 3. The second-order valence-electron chi connectivity index (χ2n) is 6.13. The molecule has 0 radical (unpaired) electrons. The summed E-state index contributed by atoms with van der Waals surface area (Å²) in [6.45, 7) is 0. The molecule has 0 fully saturated rings. The number of alkyl halides is 3. The van der Waals surface area contributed by atoms with Gasteiger partial charge < -0.3 is 5.32 Å². The Morgan fingerprint density at radius 1 is 1.19 bits per heavy atom. The maximum atomic E-state index is 12.8. The summed E-state index contributed by atoms with van der Waals surface area (Å²) in [4.78, 5) is 28.8. The molecule has 0 bridgehead atoms. The third kappa shape index (κ3) is 3.12. The SMILES string of the molecule is O=C(C[C@H]1C(=O)Nc2nc3ccccc3n21)Nc1cccc(C(F)(F)F)c1. The summed E-state index contributed by atoms with van der Waals surface area (Å²) >= 11 is 0. The van der Waals surface area contributed by atoms with Crippen LogP contribution in [-0.4, -0.2) is 21.4 Å². The minimum atomic E-state index is -4.50. The molecule has 2 amide bonds. The van der Waals surface area contributed by atoms with Gasteiger partial charge in [0.2, 0.25) is 17.8 Å². The highest BCUT2D eigenvalue weighted by Gasteiger charge is 2.35. The lowest BCUT2D eigenvalue weighted by Gasteiger charge is -2.13. The first kappa shape index (κ1) is 17.1. The van der Waals surface area contributed by atoms with E-state index in [0.29, 0.717) is 17.0 Å². The highest BCUT2D eigenvalue weighted by Crippen LogP contribution is 2.33. The summed E-state index contributed by atoms with van der Waals surface area (Å²) in [5.74, 6) is -0.611. The summed E-state index contributed by atoms with van der Waals surface area (Å²) in [6, 6.07) is 10.7. The lowest BCUT2D eigenvalue weighted by Crippen LogP contribution is -2.23. The number of halogens is 3. The average molecular weight is 374 g/mol. The van der Waals surface area contributed by atoms with Crippen LogP contribution in [0.3, 0.4) is 0 Å². The summed E-state index contributed by atoms with van der Waals surface area (Å²) in [5.41, 5.74) is 0.532. The van der Waals surface area contributed by atoms with Gasteiger partial charge in [-0.1, -0.05) is 18.2 Å². The molecule has 2 heterocycles. The number of para-hydroxylation sites is 2. The minimum absolute atomic E-state index is 0.0175. The Labute approximate surface area is 151 Å². The number of nitrogens with one attached hydrogen (secondary N) is 2. The molecule has 0 unspecified atom stereocenters. The van der Waals surface area contributed by atoms with Crippen molar-refractivity contribution in [3.63, 3.8) is 0 Å². The highest BCUT2D eigenvalue weighted by molar-refractivity contribution is 6.03. The van der Waals surface area contributed by atoms with Crippen LogP contribution < -0.4 is 10.6 Å². The van der Waals surface area contributed by atoms with Gasteiger partial charge in [0.1, 0.15) is 6.04 Å². The molecular formula is C18H13F3N4O2. The largest absolute Gasteiger partial charge is 0.416 e. The van der Waals surface area contributed by atoms with Crippen LogP contribution in [0.1, 0.15) is 18.0 Å². The normalized spacial score (nSPS) is 16.3. The first-order chi connectivity index (χ1) is 12.8. The second kappa shape index (κ2) is 6.11. The minimum Gasteiger partial charge on any atom is -0.326 e. The predicted octanol–water partition coefficient (Wildman–Crippen LogP) is 3.58. The van der Waals surface area contributed by atoms with Crippen molar-refractivity contribution in [3.05, 3.63) is 54.1 Å². The standard InChI is InChI=1S/C18H13F3N4O2/c19-18(20,21)10-4-3-5-11(8-10)22-15(26)9-14-16(27)24-17-23-12-6-1-2-7-13(12)25(14)17/h1-8,14H,9H2,(H,22,26)(H,23,24,27)/t14-/m0/s1. The van der Waals surface area contributed by atoms with E-state index in [1.54, 1.807) is 22.8 Å². The Balaban J connectivity index is 1.55. The van der Waals surface area contributed by atoms with Crippen LogP contribution in [0, 0.1) is 0 Å². The number of carbonyl (C=O) groups excluding carboxylic acids is 2. The fourth-order valence-electron chi connectivity index (χ4n) is 3.10. The number of imidazole rings is 1. The maximum Gasteiger partial charge on any atom is 0.416 e. The third-order valence-electron chi connectivity index (χ3n) is 4.30. The van der Waals surface area contributed by atoms with Crippen LogP contribution in [0.4, 0.5) is 24.8 Å². The first-order valence-electron chi connectivity index (χ1n) is 8.08. The Hall–Kier alpha value is -3.36. The van der Waals surface area contributed by atoms with Gasteiger partial charge in [-0.15, -0.1) is 0 Å². The summed E-state index contributed by atoms with van der Waals surface area (Å²) in [6.07, 6.45) is -4.73. The summed E-state index contributed by atoms with van der Waals surface area (Å²) in [5, 5.41) is 5.04. The van der Waals surface area contributed by atoms with Gasteiger partial charge in [-0.2, -0.15) is 13.2 Å². The number of hydrogen-bond donors (Lipinski definition) is 2. The monoisotopic (exact) mass is 374 g/mol. The third-order valence-corrected chi connectivity index (χ3v) is 4.30. The zero-order valence-corrected chi connectivity index (χ0v) is 13.7. The van der Waals surface area contributed by atoms with Crippen LogP contribution in [-0.2, 0) is 15.8 Å². The fourth-order valence-corrected chi connectivity index (χ4v) is 3.10. The predicted molar refractivity (Wildman–Crippen MR) is 92.1 cm³/mol. The van der Waals surface area contributed by atoms with Crippen molar-refractivity contribution in [1.82, 2.24) is 9.55 Å². The van der Waals surface area contributed by atoms with E-state index in [1.165, 1.54) is 12.1 Å². The topological polar surface area (TPSA) is 76.0 Å². The van der Waals surface area contributed by atoms with Gasteiger partial charge in [0.05, 0.1) is 23.0 Å². The molecule has 9 heteroatoms. The van der Waals surface area contributed by atoms with E-state index in [9.17, 15) is 22.8 Å². The van der Waals surface area contributed by atoms with Gasteiger partial charge in [0.15, 0.2) is 0 Å². The smallest absolute Gasteiger partial charge is 0.326 e. The number of carbonyl (C=O) groups is 2. The van der Waals surface area contributed by atoms with Crippen LogP contribution in [0.5, 0.6) is 0 Å². The number of nitrogens with zero attached hydrogens (tertiary/aromatic N) is 2. The molecule has 1 aliphatic heterocycles. The molecule has 0 saturated heterocycles. The lowest BCUT2D eigenvalue weighted by atomic mass is 10.1. The van der Waals surface area contributed by atoms with Gasteiger partial charge in [0.25, 0.3) is 0 Å². The zero-order valence-electron chi connectivity index (χ0n) is 13.7. The molecule has 2 N–H and O–H groups in total. The summed E-state index contributed by atoms with van der Waals surface area (Å²) < 4.78 is 40.0. The van der Waals surface area contributed by atoms with E-state index in [1.807, 2.05) is 6.07 Å². The molecule has 27 heavy (non-hydrogen) atoms. The number of rotatable bonds is 3. The molecule has 0 saturated carbocycles. The van der Waals surface area contributed by atoms with Gasteiger partial charge in [-0.3, -0.25) is 19.5 Å². The van der Waals surface area contributed by atoms with Gasteiger partial charge in [-0.25, -0.2) is 4.98 Å². The number of benzene rings is 2. The fraction of sp³-hybridized carbons (Fsp3) is 0.167. The number of aromatic nitrogens is 2. The molecule has 6 nitrogen and oxygen atoms in total. The Bertz CT molecular complexity index is 1060. The Morgan fingerprint density at radius 3 is 2.74 bits per heavy atom. The van der Waals surface area contributed by atoms with E-state index >= 15 is 0 Å². The van der Waals surface area contributed by atoms with Crippen molar-refractivity contribution in [2.24, 2.45) is 0 Å². The van der Waals surface area contributed by atoms with Gasteiger partial charge in [0, 0.05) is 5.69 Å². The zero-order chi connectivity index (χ0) is 19.2. The van der Waals surface area contributed by atoms with Gasteiger partial charge in [-0.05, 0) is 30.3 Å². The number of hydrogen-bond acceptors (Lipinski definition) is 3. The molecule has 1 aliphatic rings. The molecule has 4 rings (SSSR count). The molecule has 0 spiro atoms. The molecule has 1 atom stereocenters. The van der Waals surface area contributed by atoms with Gasteiger partial charge >= 0.3 is 6.18 Å². The van der Waals surface area contributed by atoms with Crippen molar-refractivity contribution >= 4 is 34.5 Å². The highest BCUT2D eigenvalue weighted by atomic mass is 19.4. The molecule has 138 valence electrons. The van der Waals surface area contributed by atoms with Crippen LogP contribution in [0.2, 0.25) is 0 Å². The molecule has 0 aliphatic carbocycles. The molecule has 2 aromatic carbocycles. The quantitative estimate of drug-likeness (QED) is 0.736. The molecular weight excluding hydrogens is 361 g/mol. The van der Waals surface area contributed by atoms with E-state index < -0.39 is 23.7 Å². The van der Waals surface area contributed by atoms with Crippen LogP contribution in [0.25, 0.3) is 11.0 Å². The van der Waals surface area contributed by atoms with Crippen molar-refractivity contribution in [2.75, 3.05) is 10.6 Å². The molecule has 1 aromatic heterocycles.